The van der Waals surface area contributed by atoms with E-state index in [2.05, 4.69) is 10.6 Å². The predicted molar refractivity (Wildman–Crippen MR) is 68.3 cm³/mol. The number of hydrogen-bond donors (Lipinski definition) is 2. The third-order valence-electron chi connectivity index (χ3n) is 1.94. The monoisotopic (exact) mass is 260 g/mol. The Kier molecular flexibility index (Phi) is 5.60. The zero-order valence-electron chi connectivity index (χ0n) is 9.02. The van der Waals surface area contributed by atoms with Crippen LogP contribution in [0.2, 0.25) is 10.0 Å². The second kappa shape index (κ2) is 6.74. The lowest BCUT2D eigenvalue weighted by atomic mass is 10.3. The summed E-state index contributed by atoms with van der Waals surface area (Å²) in [7, 11) is 0. The van der Waals surface area contributed by atoms with E-state index in [0.29, 0.717) is 15.7 Å². The van der Waals surface area contributed by atoms with Crippen LogP contribution in [0.3, 0.4) is 0 Å². The number of halogens is 2. The van der Waals surface area contributed by atoms with Gasteiger partial charge >= 0.3 is 0 Å². The molecule has 1 aromatic rings. The van der Waals surface area contributed by atoms with Gasteiger partial charge in [-0.15, -0.1) is 0 Å². The molecule has 88 valence electrons. The second-order valence-corrected chi connectivity index (χ2v) is 4.14. The Balaban J connectivity index is 2.56. The quantitative estimate of drug-likeness (QED) is 0.800. The summed E-state index contributed by atoms with van der Waals surface area (Å²) in [4.78, 5) is 11.5. The Morgan fingerprint density at radius 1 is 1.31 bits per heavy atom. The molecule has 0 atom stereocenters. The van der Waals surface area contributed by atoms with Crippen molar-refractivity contribution in [2.75, 3.05) is 18.4 Å². The summed E-state index contributed by atoms with van der Waals surface area (Å²) in [5.74, 6) is -0.150. The lowest BCUT2D eigenvalue weighted by Crippen LogP contribution is -2.28. The fourth-order valence-corrected chi connectivity index (χ4v) is 1.67. The normalized spacial score (nSPS) is 10.2. The van der Waals surface area contributed by atoms with Crippen molar-refractivity contribution in [1.29, 1.82) is 0 Å². The van der Waals surface area contributed by atoms with Crippen molar-refractivity contribution in [3.8, 4) is 0 Å². The molecule has 0 saturated carbocycles. The van der Waals surface area contributed by atoms with Crippen molar-refractivity contribution in [3.05, 3.63) is 28.2 Å². The van der Waals surface area contributed by atoms with Gasteiger partial charge in [-0.05, 0) is 25.1 Å². The Labute approximate surface area is 105 Å². The molecule has 5 heteroatoms. The molecular weight excluding hydrogens is 247 g/mol. The summed E-state index contributed by atoms with van der Waals surface area (Å²) in [6.45, 7) is 3.11. The molecule has 0 saturated heterocycles. The summed E-state index contributed by atoms with van der Waals surface area (Å²) in [6.07, 6.45) is 0.986. The highest BCUT2D eigenvalue weighted by Gasteiger charge is 2.08. The number of carbonyl (C=O) groups excluding carboxylic acids is 1. The smallest absolute Gasteiger partial charge is 0.238 e. The van der Waals surface area contributed by atoms with Crippen LogP contribution in [0.15, 0.2) is 18.2 Å². The SMILES string of the molecule is CCCNCC(=O)Nc1c(Cl)cccc1Cl. The molecular formula is C11H14Cl2N2O. The van der Waals surface area contributed by atoms with E-state index in [9.17, 15) is 4.79 Å². The summed E-state index contributed by atoms with van der Waals surface area (Å²) in [5.41, 5.74) is 0.467. The average molecular weight is 261 g/mol. The predicted octanol–water partition coefficient (Wildman–Crippen LogP) is 2.93. The molecule has 1 aromatic carbocycles. The number of benzene rings is 1. The highest BCUT2D eigenvalue weighted by Crippen LogP contribution is 2.29. The van der Waals surface area contributed by atoms with Crippen molar-refractivity contribution in [3.63, 3.8) is 0 Å². The molecule has 0 unspecified atom stereocenters. The summed E-state index contributed by atoms with van der Waals surface area (Å²) in [5, 5.41) is 6.55. The van der Waals surface area contributed by atoms with Crippen LogP contribution in [0.25, 0.3) is 0 Å². The fraction of sp³-hybridized carbons (Fsp3) is 0.364. The van der Waals surface area contributed by atoms with Crippen LogP contribution in [-0.4, -0.2) is 19.0 Å². The van der Waals surface area contributed by atoms with E-state index in [4.69, 9.17) is 23.2 Å². The van der Waals surface area contributed by atoms with Gasteiger partial charge in [-0.1, -0.05) is 36.2 Å². The molecule has 0 bridgehead atoms. The van der Waals surface area contributed by atoms with E-state index in [1.807, 2.05) is 6.92 Å². The minimum Gasteiger partial charge on any atom is -0.322 e. The molecule has 0 aliphatic heterocycles. The van der Waals surface area contributed by atoms with E-state index in [1.54, 1.807) is 18.2 Å². The van der Waals surface area contributed by atoms with E-state index >= 15 is 0 Å². The molecule has 1 amide bonds. The highest BCUT2D eigenvalue weighted by atomic mass is 35.5. The third kappa shape index (κ3) is 4.00. The molecule has 0 aromatic heterocycles. The number of carbonyl (C=O) groups is 1. The minimum atomic E-state index is -0.150. The van der Waals surface area contributed by atoms with Crippen LogP contribution in [0.4, 0.5) is 5.69 Å². The largest absolute Gasteiger partial charge is 0.322 e. The summed E-state index contributed by atoms with van der Waals surface area (Å²) in [6, 6.07) is 5.10. The highest BCUT2D eigenvalue weighted by molar-refractivity contribution is 6.39. The fourth-order valence-electron chi connectivity index (χ4n) is 1.18. The first-order valence-corrected chi connectivity index (χ1v) is 5.85. The topological polar surface area (TPSA) is 41.1 Å². The Hall–Kier alpha value is -0.770. The maximum absolute atomic E-state index is 11.5. The molecule has 1 rings (SSSR count). The first kappa shape index (κ1) is 13.3. The van der Waals surface area contributed by atoms with E-state index in [-0.39, 0.29) is 12.5 Å². The van der Waals surface area contributed by atoms with Crippen LogP contribution in [-0.2, 0) is 4.79 Å². The Bertz CT molecular complexity index is 349. The molecule has 0 fully saturated rings. The standard InChI is InChI=1S/C11H14Cl2N2O/c1-2-6-14-7-10(16)15-11-8(12)4-3-5-9(11)13/h3-5,14H,2,6-7H2,1H3,(H,15,16). The molecule has 16 heavy (non-hydrogen) atoms. The Morgan fingerprint density at radius 2 is 1.94 bits per heavy atom. The third-order valence-corrected chi connectivity index (χ3v) is 2.57. The van der Waals surface area contributed by atoms with Gasteiger partial charge in [0.25, 0.3) is 0 Å². The van der Waals surface area contributed by atoms with Crippen molar-refractivity contribution in [1.82, 2.24) is 5.32 Å². The van der Waals surface area contributed by atoms with Gasteiger partial charge in [0.15, 0.2) is 0 Å². The number of rotatable bonds is 5. The van der Waals surface area contributed by atoms with Gasteiger partial charge in [0.05, 0.1) is 22.3 Å². The van der Waals surface area contributed by atoms with E-state index in [0.717, 1.165) is 13.0 Å². The number of para-hydroxylation sites is 1. The van der Waals surface area contributed by atoms with Crippen LogP contribution >= 0.6 is 23.2 Å². The maximum Gasteiger partial charge on any atom is 0.238 e. The van der Waals surface area contributed by atoms with Gasteiger partial charge in [-0.3, -0.25) is 4.79 Å². The van der Waals surface area contributed by atoms with Gasteiger partial charge in [0, 0.05) is 0 Å². The Morgan fingerprint density at radius 3 is 2.50 bits per heavy atom. The number of nitrogens with one attached hydrogen (secondary N) is 2. The first-order valence-electron chi connectivity index (χ1n) is 5.09. The molecule has 0 aliphatic rings. The maximum atomic E-state index is 11.5. The lowest BCUT2D eigenvalue weighted by Gasteiger charge is -2.09. The van der Waals surface area contributed by atoms with Crippen LogP contribution in [0.5, 0.6) is 0 Å². The van der Waals surface area contributed by atoms with Gasteiger partial charge in [-0.25, -0.2) is 0 Å². The van der Waals surface area contributed by atoms with Crippen molar-refractivity contribution < 1.29 is 4.79 Å². The molecule has 0 aliphatic carbocycles. The zero-order chi connectivity index (χ0) is 12.0. The minimum absolute atomic E-state index is 0.150. The molecule has 2 N–H and O–H groups in total. The first-order chi connectivity index (χ1) is 7.65. The molecule has 0 spiro atoms. The van der Waals surface area contributed by atoms with Crippen LogP contribution in [0.1, 0.15) is 13.3 Å². The number of anilines is 1. The van der Waals surface area contributed by atoms with Crippen LogP contribution in [0, 0.1) is 0 Å². The van der Waals surface area contributed by atoms with Crippen LogP contribution < -0.4 is 10.6 Å². The molecule has 0 heterocycles. The summed E-state index contributed by atoms with van der Waals surface area (Å²) >= 11 is 11.8. The molecule has 3 nitrogen and oxygen atoms in total. The average Bonchev–Trinajstić information content (AvgIpc) is 2.24. The second-order valence-electron chi connectivity index (χ2n) is 3.32. The van der Waals surface area contributed by atoms with E-state index < -0.39 is 0 Å². The van der Waals surface area contributed by atoms with Crippen molar-refractivity contribution in [2.45, 2.75) is 13.3 Å². The van der Waals surface area contributed by atoms with Gasteiger partial charge in [0.1, 0.15) is 0 Å². The lowest BCUT2D eigenvalue weighted by molar-refractivity contribution is -0.115. The molecule has 0 radical (unpaired) electrons. The van der Waals surface area contributed by atoms with Crippen molar-refractivity contribution >= 4 is 34.8 Å². The van der Waals surface area contributed by atoms with Gasteiger partial charge in [-0.2, -0.15) is 0 Å². The number of amides is 1. The van der Waals surface area contributed by atoms with Gasteiger partial charge in [0.2, 0.25) is 5.91 Å². The number of hydrogen-bond acceptors (Lipinski definition) is 2. The zero-order valence-corrected chi connectivity index (χ0v) is 10.5. The summed E-state index contributed by atoms with van der Waals surface area (Å²) < 4.78 is 0. The van der Waals surface area contributed by atoms with Crippen molar-refractivity contribution in [2.24, 2.45) is 0 Å². The van der Waals surface area contributed by atoms with Gasteiger partial charge < -0.3 is 10.6 Å². The van der Waals surface area contributed by atoms with E-state index in [1.165, 1.54) is 0 Å².